The van der Waals surface area contributed by atoms with Crippen LogP contribution in [0.4, 0.5) is 0 Å². The third-order valence-corrected chi connectivity index (χ3v) is 2.87. The largest absolute Gasteiger partial charge is 2.00 e. The zero-order valence-corrected chi connectivity index (χ0v) is 24.8. The van der Waals surface area contributed by atoms with Gasteiger partial charge in [-0.05, 0) is 0 Å². The van der Waals surface area contributed by atoms with E-state index in [0.29, 0.717) is 11.8 Å². The van der Waals surface area contributed by atoms with E-state index in [1.807, 2.05) is 76.2 Å². The van der Waals surface area contributed by atoms with Gasteiger partial charge in [-0.25, -0.2) is 30.7 Å². The van der Waals surface area contributed by atoms with Crippen LogP contribution in [0.3, 0.4) is 0 Å². The maximum Gasteiger partial charge on any atom is 2.00 e. The SMILES string of the molecule is CC.CC.CC(C)[C-]=Cc1[c-]cccc1.[CH2-]c1ccccc1[CH-]C(C)C.[W+2].[W+2]. The fraction of sp³-hybridized carbons (Fsp3) is 0.385. The Bertz CT molecular complexity index is 558. The molecule has 28 heavy (non-hydrogen) atoms. The molecule has 0 heterocycles. The third kappa shape index (κ3) is 20.0. The Hall–Kier alpha value is -0.703. The first-order chi connectivity index (χ1) is 12.5. The molecule has 2 aromatic rings. The number of allylic oxidation sites excluding steroid dienone is 1. The van der Waals surface area contributed by atoms with E-state index in [0.717, 1.165) is 11.1 Å². The molecule has 0 aliphatic heterocycles. The molecule has 154 valence electrons. The van der Waals surface area contributed by atoms with Crippen LogP contribution in [-0.4, -0.2) is 0 Å². The van der Waals surface area contributed by atoms with E-state index in [-0.39, 0.29) is 42.1 Å². The molecule has 0 saturated carbocycles. The van der Waals surface area contributed by atoms with Crippen LogP contribution in [0.2, 0.25) is 0 Å². The average molecular weight is 718 g/mol. The zero-order valence-electron chi connectivity index (χ0n) is 19.0. The molecule has 0 fully saturated rings. The van der Waals surface area contributed by atoms with Crippen molar-refractivity contribution in [1.29, 1.82) is 0 Å². The quantitative estimate of drug-likeness (QED) is 0.281. The normalized spacial score (nSPS) is 8.79. The first-order valence-electron chi connectivity index (χ1n) is 9.81. The molecule has 0 N–H and O–H groups in total. The van der Waals surface area contributed by atoms with Gasteiger partial charge in [0.25, 0.3) is 0 Å². The molecule has 0 nitrogen and oxygen atoms in total. The smallest absolute Gasteiger partial charge is 0.324 e. The second-order valence-corrected chi connectivity index (χ2v) is 5.89. The first kappa shape index (κ1) is 34.8. The second-order valence-electron chi connectivity index (χ2n) is 5.89. The topological polar surface area (TPSA) is 0 Å². The van der Waals surface area contributed by atoms with Gasteiger partial charge in [-0.15, -0.1) is 24.1 Å². The van der Waals surface area contributed by atoms with E-state index in [1.54, 1.807) is 0 Å². The van der Waals surface area contributed by atoms with E-state index in [1.165, 1.54) is 5.56 Å². The molecule has 0 aliphatic carbocycles. The number of hydrogen-bond donors (Lipinski definition) is 0. The van der Waals surface area contributed by atoms with Crippen LogP contribution in [0.1, 0.15) is 72.1 Å². The Balaban J connectivity index is -0.000000165. The Labute approximate surface area is 205 Å². The summed E-state index contributed by atoms with van der Waals surface area (Å²) in [7, 11) is 0. The molecule has 2 aromatic carbocycles. The van der Waals surface area contributed by atoms with Gasteiger partial charge in [0.1, 0.15) is 0 Å². The first-order valence-corrected chi connectivity index (χ1v) is 9.81. The monoisotopic (exact) mass is 718 g/mol. The van der Waals surface area contributed by atoms with Crippen molar-refractivity contribution in [3.63, 3.8) is 0 Å². The Kier molecular flexibility index (Phi) is 30.2. The number of benzene rings is 2. The van der Waals surface area contributed by atoms with Gasteiger partial charge in [0.05, 0.1) is 0 Å². The van der Waals surface area contributed by atoms with Crippen molar-refractivity contribution < 1.29 is 42.1 Å². The van der Waals surface area contributed by atoms with Crippen LogP contribution >= 0.6 is 0 Å². The van der Waals surface area contributed by atoms with Crippen LogP contribution in [0.5, 0.6) is 0 Å². The molecule has 0 spiro atoms. The van der Waals surface area contributed by atoms with Gasteiger partial charge in [-0.3, -0.25) is 18.1 Å². The average Bonchev–Trinajstić information content (AvgIpc) is 2.66. The predicted molar refractivity (Wildman–Crippen MR) is 120 cm³/mol. The van der Waals surface area contributed by atoms with Crippen molar-refractivity contribution >= 4 is 6.08 Å². The molecule has 2 heteroatoms. The second kappa shape index (κ2) is 24.3. The van der Waals surface area contributed by atoms with Gasteiger partial charge >= 0.3 is 42.1 Å². The third-order valence-electron chi connectivity index (χ3n) is 2.87. The summed E-state index contributed by atoms with van der Waals surface area (Å²) < 4.78 is 0. The summed E-state index contributed by atoms with van der Waals surface area (Å²) >= 11 is 0. The molecule has 0 atom stereocenters. The van der Waals surface area contributed by atoms with E-state index >= 15 is 0 Å². The zero-order chi connectivity index (χ0) is 20.4. The summed E-state index contributed by atoms with van der Waals surface area (Å²) in [6.07, 6.45) is 7.41. The summed E-state index contributed by atoms with van der Waals surface area (Å²) in [5.74, 6) is 1.08. The fourth-order valence-electron chi connectivity index (χ4n) is 1.81. The molecule has 0 bridgehead atoms. The summed E-state index contributed by atoms with van der Waals surface area (Å²) in [6.45, 7) is 20.5. The van der Waals surface area contributed by atoms with Gasteiger partial charge in [-0.2, -0.15) is 12.1 Å². The van der Waals surface area contributed by atoms with Gasteiger partial charge in [-0.1, -0.05) is 61.3 Å². The minimum atomic E-state index is 0. The molecular weight excluding hydrogens is 680 g/mol. The Morgan fingerprint density at radius 3 is 1.86 bits per heavy atom. The van der Waals surface area contributed by atoms with E-state index < -0.39 is 0 Å². The molecule has 0 unspecified atom stereocenters. The summed E-state index contributed by atoms with van der Waals surface area (Å²) in [4.78, 5) is 0. The Morgan fingerprint density at radius 1 is 0.893 bits per heavy atom. The van der Waals surface area contributed by atoms with E-state index in [9.17, 15) is 0 Å². The van der Waals surface area contributed by atoms with Crippen LogP contribution in [0.25, 0.3) is 6.08 Å². The molecule has 0 aliphatic rings. The van der Waals surface area contributed by atoms with Gasteiger partial charge < -0.3 is 17.7 Å². The van der Waals surface area contributed by atoms with Crippen molar-refractivity contribution in [2.45, 2.75) is 55.4 Å². The van der Waals surface area contributed by atoms with Crippen LogP contribution in [-0.2, 0) is 42.1 Å². The van der Waals surface area contributed by atoms with Gasteiger partial charge in [0, 0.05) is 0 Å². The summed E-state index contributed by atoms with van der Waals surface area (Å²) in [5.41, 5.74) is 3.46. The summed E-state index contributed by atoms with van der Waals surface area (Å²) in [6, 6.07) is 19.2. The standard InChI is InChI=1S/C11H14.C11H12.2C2H6.2W/c1-9(2)8-11-7-5-4-6-10(11)3;1-10(2)8-9-11-6-4-3-5-7-11;2*1-2;;/h4-9H,3H2,1-2H3;3-6,9-10H,1-2H3;2*1-2H3;;/q2*-2;;;2*+2. The summed E-state index contributed by atoms with van der Waals surface area (Å²) in [5, 5.41) is 0. The van der Waals surface area contributed by atoms with Crippen molar-refractivity contribution in [1.82, 2.24) is 0 Å². The van der Waals surface area contributed by atoms with Crippen LogP contribution in [0.15, 0.2) is 48.5 Å². The van der Waals surface area contributed by atoms with E-state index in [2.05, 4.69) is 59.2 Å². The van der Waals surface area contributed by atoms with Crippen molar-refractivity contribution in [2.24, 2.45) is 11.8 Å². The van der Waals surface area contributed by atoms with Crippen LogP contribution in [0, 0.1) is 37.3 Å². The molecular formula is C26H38W2. The van der Waals surface area contributed by atoms with Crippen molar-refractivity contribution in [2.75, 3.05) is 0 Å². The van der Waals surface area contributed by atoms with Crippen LogP contribution < -0.4 is 0 Å². The van der Waals surface area contributed by atoms with Gasteiger partial charge in [0.2, 0.25) is 0 Å². The molecule has 0 aromatic heterocycles. The molecule has 0 saturated heterocycles. The predicted octanol–water partition coefficient (Wildman–Crippen LogP) is 8.08. The molecule has 0 amide bonds. The van der Waals surface area contributed by atoms with E-state index in [4.69, 9.17) is 0 Å². The fourth-order valence-corrected chi connectivity index (χ4v) is 1.81. The van der Waals surface area contributed by atoms with Gasteiger partial charge in [0.15, 0.2) is 0 Å². The molecule has 0 radical (unpaired) electrons. The maximum absolute atomic E-state index is 3.94. The number of hydrogen-bond acceptors (Lipinski definition) is 0. The molecule has 2 rings (SSSR count). The maximum atomic E-state index is 3.94. The van der Waals surface area contributed by atoms with Crippen molar-refractivity contribution in [3.05, 3.63) is 90.7 Å². The minimum Gasteiger partial charge on any atom is -0.324 e. The van der Waals surface area contributed by atoms with Crippen molar-refractivity contribution in [3.8, 4) is 0 Å². The minimum absolute atomic E-state index is 0. The number of rotatable bonds is 4. The Morgan fingerprint density at radius 2 is 1.43 bits per heavy atom.